The van der Waals surface area contributed by atoms with Crippen LogP contribution in [0, 0.1) is 0 Å². The molecule has 0 saturated heterocycles. The topological polar surface area (TPSA) is 46.1 Å². The van der Waals surface area contributed by atoms with Crippen molar-refractivity contribution in [2.24, 2.45) is 0 Å². The van der Waals surface area contributed by atoms with Gasteiger partial charge in [0.25, 0.3) is 5.91 Å². The summed E-state index contributed by atoms with van der Waals surface area (Å²) < 4.78 is 0. The van der Waals surface area contributed by atoms with E-state index in [1.807, 2.05) is 25.0 Å². The minimum absolute atomic E-state index is 0.0488. The number of hydrogen-bond acceptors (Lipinski definition) is 4. The average molecular weight is 223 g/mol. The molecule has 0 radical (unpaired) electrons. The van der Waals surface area contributed by atoms with Crippen molar-refractivity contribution in [2.75, 3.05) is 6.26 Å². The Balaban J connectivity index is 2.36. The van der Waals surface area contributed by atoms with Gasteiger partial charge < -0.3 is 4.90 Å². The van der Waals surface area contributed by atoms with Gasteiger partial charge in [0.2, 0.25) is 0 Å². The van der Waals surface area contributed by atoms with Gasteiger partial charge in [-0.2, -0.15) is 0 Å². The SMILES string of the molecule is CSc1ncc2c(n1)CN(C(C)C)C2=O. The van der Waals surface area contributed by atoms with Crippen LogP contribution in [-0.4, -0.2) is 33.1 Å². The molecule has 0 aromatic carbocycles. The minimum atomic E-state index is 0.0488. The number of amides is 1. The molecule has 2 rings (SSSR count). The first-order valence-electron chi connectivity index (χ1n) is 4.84. The smallest absolute Gasteiger partial charge is 0.257 e. The number of hydrogen-bond donors (Lipinski definition) is 0. The highest BCUT2D eigenvalue weighted by atomic mass is 32.2. The van der Waals surface area contributed by atoms with Crippen LogP contribution in [0.4, 0.5) is 0 Å². The molecule has 0 bridgehead atoms. The predicted molar refractivity (Wildman–Crippen MR) is 58.8 cm³/mol. The molecule has 2 heterocycles. The minimum Gasteiger partial charge on any atom is -0.330 e. The standard InChI is InChI=1S/C10H13N3OS/c1-6(2)13-5-8-7(9(13)14)4-11-10(12-8)15-3/h4,6H,5H2,1-3H3. The highest BCUT2D eigenvalue weighted by molar-refractivity contribution is 7.98. The van der Waals surface area contributed by atoms with Crippen molar-refractivity contribution in [1.82, 2.24) is 14.9 Å². The second-order valence-corrected chi connectivity index (χ2v) is 4.52. The third-order valence-electron chi connectivity index (χ3n) is 2.46. The molecule has 1 aromatic rings. The molecule has 80 valence electrons. The maximum atomic E-state index is 11.9. The predicted octanol–water partition coefficient (Wildman–Crippen LogP) is 1.56. The fraction of sp³-hybridized carbons (Fsp3) is 0.500. The van der Waals surface area contributed by atoms with Crippen LogP contribution in [0.2, 0.25) is 0 Å². The Kier molecular flexibility index (Phi) is 2.65. The van der Waals surface area contributed by atoms with Gasteiger partial charge in [0.05, 0.1) is 17.8 Å². The molecule has 0 fully saturated rings. The number of nitrogens with zero attached hydrogens (tertiary/aromatic N) is 3. The first-order chi connectivity index (χ1) is 7.13. The Labute approximate surface area is 93.1 Å². The monoisotopic (exact) mass is 223 g/mol. The van der Waals surface area contributed by atoms with E-state index in [0.29, 0.717) is 12.1 Å². The van der Waals surface area contributed by atoms with Gasteiger partial charge in [-0.3, -0.25) is 4.79 Å². The van der Waals surface area contributed by atoms with Crippen molar-refractivity contribution in [3.63, 3.8) is 0 Å². The largest absolute Gasteiger partial charge is 0.330 e. The van der Waals surface area contributed by atoms with Crippen molar-refractivity contribution < 1.29 is 4.79 Å². The number of aromatic nitrogens is 2. The molecule has 1 amide bonds. The molecule has 4 nitrogen and oxygen atoms in total. The van der Waals surface area contributed by atoms with Crippen LogP contribution in [0.5, 0.6) is 0 Å². The van der Waals surface area contributed by atoms with Crippen LogP contribution < -0.4 is 0 Å². The zero-order valence-corrected chi connectivity index (χ0v) is 9.84. The number of carbonyl (C=O) groups excluding carboxylic acids is 1. The Morgan fingerprint density at radius 2 is 2.27 bits per heavy atom. The third kappa shape index (κ3) is 1.71. The summed E-state index contributed by atoms with van der Waals surface area (Å²) in [5, 5.41) is 0.729. The second kappa shape index (κ2) is 3.81. The lowest BCUT2D eigenvalue weighted by atomic mass is 10.3. The third-order valence-corrected chi connectivity index (χ3v) is 3.02. The molecule has 0 atom stereocenters. The van der Waals surface area contributed by atoms with E-state index < -0.39 is 0 Å². The van der Waals surface area contributed by atoms with E-state index in [9.17, 15) is 4.79 Å². The van der Waals surface area contributed by atoms with Gasteiger partial charge in [-0.25, -0.2) is 9.97 Å². The maximum absolute atomic E-state index is 11.9. The van der Waals surface area contributed by atoms with E-state index in [4.69, 9.17) is 0 Å². The molecule has 0 spiro atoms. The summed E-state index contributed by atoms with van der Waals surface area (Å²) in [5.41, 5.74) is 1.51. The van der Waals surface area contributed by atoms with Crippen LogP contribution >= 0.6 is 11.8 Å². The normalized spacial score (nSPS) is 14.9. The summed E-state index contributed by atoms with van der Waals surface area (Å²) in [4.78, 5) is 22.1. The van der Waals surface area contributed by atoms with Crippen molar-refractivity contribution in [1.29, 1.82) is 0 Å². The van der Waals surface area contributed by atoms with Crippen molar-refractivity contribution in [3.05, 3.63) is 17.5 Å². The lowest BCUT2D eigenvalue weighted by molar-refractivity contribution is 0.0730. The van der Waals surface area contributed by atoms with E-state index in [-0.39, 0.29) is 11.9 Å². The van der Waals surface area contributed by atoms with E-state index in [1.54, 1.807) is 6.20 Å². The van der Waals surface area contributed by atoms with Crippen LogP contribution in [0.3, 0.4) is 0 Å². The molecule has 0 aliphatic carbocycles. The first-order valence-corrected chi connectivity index (χ1v) is 6.07. The van der Waals surface area contributed by atoms with Gasteiger partial charge in [-0.15, -0.1) is 0 Å². The van der Waals surface area contributed by atoms with Crippen LogP contribution in [0.15, 0.2) is 11.4 Å². The molecular formula is C10H13N3OS. The number of carbonyl (C=O) groups is 1. The molecule has 0 unspecified atom stereocenters. The number of fused-ring (bicyclic) bond motifs is 1. The van der Waals surface area contributed by atoms with Gasteiger partial charge in [-0.05, 0) is 20.1 Å². The Morgan fingerprint density at radius 1 is 1.53 bits per heavy atom. The zero-order chi connectivity index (χ0) is 11.0. The van der Waals surface area contributed by atoms with Crippen LogP contribution in [-0.2, 0) is 6.54 Å². The van der Waals surface area contributed by atoms with Crippen molar-refractivity contribution in [3.8, 4) is 0 Å². The van der Waals surface area contributed by atoms with E-state index >= 15 is 0 Å². The van der Waals surface area contributed by atoms with Gasteiger partial charge >= 0.3 is 0 Å². The summed E-state index contributed by atoms with van der Waals surface area (Å²) in [7, 11) is 0. The Morgan fingerprint density at radius 3 is 2.87 bits per heavy atom. The summed E-state index contributed by atoms with van der Waals surface area (Å²) in [6, 6.07) is 0.212. The Hall–Kier alpha value is -1.10. The highest BCUT2D eigenvalue weighted by Crippen LogP contribution is 2.23. The van der Waals surface area contributed by atoms with Crippen molar-refractivity contribution >= 4 is 17.7 Å². The fourth-order valence-electron chi connectivity index (χ4n) is 1.60. The van der Waals surface area contributed by atoms with Crippen LogP contribution in [0.25, 0.3) is 0 Å². The Bertz CT molecular complexity index is 406. The maximum Gasteiger partial charge on any atom is 0.257 e. The summed E-state index contributed by atoms with van der Waals surface area (Å²) in [5.74, 6) is 0.0488. The lowest BCUT2D eigenvalue weighted by Gasteiger charge is -2.19. The fourth-order valence-corrected chi connectivity index (χ4v) is 1.96. The molecule has 15 heavy (non-hydrogen) atoms. The first kappa shape index (κ1) is 10.4. The van der Waals surface area contributed by atoms with Crippen LogP contribution in [0.1, 0.15) is 29.9 Å². The van der Waals surface area contributed by atoms with Gasteiger partial charge in [0.1, 0.15) is 0 Å². The zero-order valence-electron chi connectivity index (χ0n) is 9.02. The van der Waals surface area contributed by atoms with Gasteiger partial charge in [0, 0.05) is 12.2 Å². The molecular weight excluding hydrogens is 210 g/mol. The number of thioether (sulfide) groups is 1. The second-order valence-electron chi connectivity index (χ2n) is 3.74. The van der Waals surface area contributed by atoms with E-state index in [1.165, 1.54) is 11.8 Å². The van der Waals surface area contributed by atoms with Gasteiger partial charge in [0.15, 0.2) is 5.16 Å². The van der Waals surface area contributed by atoms with E-state index in [0.717, 1.165) is 10.9 Å². The molecule has 1 aliphatic heterocycles. The summed E-state index contributed by atoms with van der Waals surface area (Å²) in [6.45, 7) is 4.63. The molecule has 0 saturated carbocycles. The number of rotatable bonds is 2. The lowest BCUT2D eigenvalue weighted by Crippen LogP contribution is -2.30. The molecule has 1 aliphatic rings. The molecule has 1 aromatic heterocycles. The summed E-state index contributed by atoms with van der Waals surface area (Å²) in [6.07, 6.45) is 3.57. The highest BCUT2D eigenvalue weighted by Gasteiger charge is 2.30. The van der Waals surface area contributed by atoms with E-state index in [2.05, 4.69) is 9.97 Å². The molecule has 0 N–H and O–H groups in total. The molecule has 5 heteroatoms. The quantitative estimate of drug-likeness (QED) is 0.564. The van der Waals surface area contributed by atoms with Gasteiger partial charge in [-0.1, -0.05) is 11.8 Å². The average Bonchev–Trinajstić information content (AvgIpc) is 2.55. The van der Waals surface area contributed by atoms with Crippen molar-refractivity contribution in [2.45, 2.75) is 31.6 Å². The summed E-state index contributed by atoms with van der Waals surface area (Å²) >= 11 is 1.49.